The second kappa shape index (κ2) is 5.69. The number of nitro groups is 1. The minimum Gasteiger partial charge on any atom is -0.462 e. The second-order valence-electron chi connectivity index (χ2n) is 5.35. The van der Waals surface area contributed by atoms with E-state index in [1.165, 1.54) is 12.1 Å². The van der Waals surface area contributed by atoms with Gasteiger partial charge in [-0.2, -0.15) is 0 Å². The number of rotatable bonds is 4. The van der Waals surface area contributed by atoms with E-state index in [9.17, 15) is 20.0 Å². The van der Waals surface area contributed by atoms with Crippen molar-refractivity contribution in [3.05, 3.63) is 33.9 Å². The Morgan fingerprint density at radius 3 is 2.81 bits per heavy atom. The summed E-state index contributed by atoms with van der Waals surface area (Å²) in [5.74, 6) is -0.711. The highest BCUT2D eigenvalue weighted by atomic mass is 16.6. The van der Waals surface area contributed by atoms with E-state index in [0.717, 1.165) is 0 Å². The van der Waals surface area contributed by atoms with Crippen LogP contribution in [0.3, 0.4) is 0 Å². The molecule has 114 valence electrons. The van der Waals surface area contributed by atoms with Gasteiger partial charge < -0.3 is 14.7 Å². The van der Waals surface area contributed by atoms with E-state index in [1.54, 1.807) is 19.9 Å². The summed E-state index contributed by atoms with van der Waals surface area (Å²) in [7, 11) is 0. The van der Waals surface area contributed by atoms with Gasteiger partial charge in [-0.25, -0.2) is 4.79 Å². The van der Waals surface area contributed by atoms with Crippen LogP contribution in [0, 0.1) is 10.1 Å². The molecule has 7 nitrogen and oxygen atoms in total. The summed E-state index contributed by atoms with van der Waals surface area (Å²) < 4.78 is 4.87. The van der Waals surface area contributed by atoms with Crippen molar-refractivity contribution in [3.8, 4) is 0 Å². The van der Waals surface area contributed by atoms with Crippen molar-refractivity contribution in [3.63, 3.8) is 0 Å². The molecule has 1 aromatic carbocycles. The number of carbonyl (C=O) groups excluding carboxylic acids is 1. The molecular formula is C14H18N2O5. The minimum atomic E-state index is -0.786. The molecule has 0 radical (unpaired) electrons. The maximum Gasteiger partial charge on any atom is 0.345 e. The summed E-state index contributed by atoms with van der Waals surface area (Å²) >= 11 is 0. The van der Waals surface area contributed by atoms with E-state index in [2.05, 4.69) is 0 Å². The number of ether oxygens (including phenoxy) is 1. The van der Waals surface area contributed by atoms with Gasteiger partial charge in [0, 0.05) is 24.8 Å². The van der Waals surface area contributed by atoms with Crippen LogP contribution in [0.5, 0.6) is 0 Å². The predicted octanol–water partition coefficient (Wildman–Crippen LogP) is 1.73. The van der Waals surface area contributed by atoms with Crippen LogP contribution in [0.4, 0.5) is 11.4 Å². The first kappa shape index (κ1) is 15.2. The number of nitro benzene ring substituents is 1. The average Bonchev–Trinajstić information content (AvgIpc) is 2.78. The summed E-state index contributed by atoms with van der Waals surface area (Å²) in [6.07, 6.45) is 0.610. The van der Waals surface area contributed by atoms with Crippen molar-refractivity contribution >= 4 is 17.3 Å². The normalized spacial score (nSPS) is 21.4. The van der Waals surface area contributed by atoms with E-state index >= 15 is 0 Å². The standard InChI is InChI=1S/C14H18N2O5/c1-3-21-13(17)11-8-10(4-5-12(11)16(19)20)15-7-6-14(2,18)9-15/h4-5,8,18H,3,6-7,9H2,1-2H3. The van der Waals surface area contributed by atoms with E-state index in [1.807, 2.05) is 4.90 Å². The molecule has 1 aliphatic heterocycles. The van der Waals surface area contributed by atoms with Gasteiger partial charge in [-0.3, -0.25) is 10.1 Å². The number of hydrogen-bond acceptors (Lipinski definition) is 6. The first-order valence-corrected chi connectivity index (χ1v) is 6.77. The molecule has 0 bridgehead atoms. The monoisotopic (exact) mass is 294 g/mol. The van der Waals surface area contributed by atoms with Crippen molar-refractivity contribution in [2.75, 3.05) is 24.6 Å². The first-order chi connectivity index (χ1) is 9.84. The Labute approximate surface area is 122 Å². The first-order valence-electron chi connectivity index (χ1n) is 6.77. The Kier molecular flexibility index (Phi) is 4.13. The molecular weight excluding hydrogens is 276 g/mol. The average molecular weight is 294 g/mol. The fourth-order valence-electron chi connectivity index (χ4n) is 2.42. The highest BCUT2D eigenvalue weighted by Gasteiger charge is 2.32. The molecule has 1 atom stereocenters. The Balaban J connectivity index is 2.35. The lowest BCUT2D eigenvalue weighted by Gasteiger charge is -2.21. The molecule has 1 heterocycles. The van der Waals surface area contributed by atoms with Crippen LogP contribution >= 0.6 is 0 Å². The third-order valence-electron chi connectivity index (χ3n) is 3.49. The van der Waals surface area contributed by atoms with Crippen molar-refractivity contribution in [1.82, 2.24) is 0 Å². The Bertz CT molecular complexity index is 570. The van der Waals surface area contributed by atoms with Gasteiger partial charge >= 0.3 is 5.97 Å². The SMILES string of the molecule is CCOC(=O)c1cc(N2CCC(C)(O)C2)ccc1[N+](=O)[O-]. The molecule has 1 saturated heterocycles. The molecule has 1 N–H and O–H groups in total. The summed E-state index contributed by atoms with van der Waals surface area (Å²) in [4.78, 5) is 24.2. The predicted molar refractivity (Wildman–Crippen MR) is 76.5 cm³/mol. The maximum atomic E-state index is 11.9. The van der Waals surface area contributed by atoms with E-state index in [0.29, 0.717) is 25.2 Å². The molecule has 0 saturated carbocycles. The zero-order chi connectivity index (χ0) is 15.6. The molecule has 1 fully saturated rings. The van der Waals surface area contributed by atoms with Gasteiger partial charge in [0.2, 0.25) is 0 Å². The fourth-order valence-corrected chi connectivity index (χ4v) is 2.42. The molecule has 0 amide bonds. The van der Waals surface area contributed by atoms with Gasteiger partial charge in [0.25, 0.3) is 5.69 Å². The Hall–Kier alpha value is -2.15. The highest BCUT2D eigenvalue weighted by Crippen LogP contribution is 2.30. The number of carbonyl (C=O) groups is 1. The largest absolute Gasteiger partial charge is 0.462 e. The van der Waals surface area contributed by atoms with Gasteiger partial charge in [-0.1, -0.05) is 0 Å². The van der Waals surface area contributed by atoms with Crippen LogP contribution in [0.2, 0.25) is 0 Å². The van der Waals surface area contributed by atoms with E-state index in [-0.39, 0.29) is 17.9 Å². The van der Waals surface area contributed by atoms with Crippen LogP contribution < -0.4 is 4.90 Å². The lowest BCUT2D eigenvalue weighted by molar-refractivity contribution is -0.385. The van der Waals surface area contributed by atoms with Crippen LogP contribution in [0.25, 0.3) is 0 Å². The van der Waals surface area contributed by atoms with E-state index in [4.69, 9.17) is 4.74 Å². The number of esters is 1. The molecule has 1 aliphatic rings. The molecule has 0 aromatic heterocycles. The number of β-amino-alcohol motifs (C(OH)–C–C–N with tert-alkyl or cyclic N) is 1. The summed E-state index contributed by atoms with van der Waals surface area (Å²) in [6, 6.07) is 4.34. The molecule has 0 spiro atoms. The van der Waals surface area contributed by atoms with Crippen molar-refractivity contribution in [2.24, 2.45) is 0 Å². The van der Waals surface area contributed by atoms with Gasteiger partial charge in [-0.05, 0) is 32.4 Å². The minimum absolute atomic E-state index is 0.0640. The molecule has 7 heteroatoms. The van der Waals surface area contributed by atoms with Gasteiger partial charge in [-0.15, -0.1) is 0 Å². The number of anilines is 1. The molecule has 0 aliphatic carbocycles. The summed E-state index contributed by atoms with van der Waals surface area (Å²) in [6.45, 7) is 4.59. The van der Waals surface area contributed by atoms with Crippen molar-refractivity contribution in [2.45, 2.75) is 25.9 Å². The van der Waals surface area contributed by atoms with Crippen molar-refractivity contribution in [1.29, 1.82) is 0 Å². The van der Waals surface area contributed by atoms with E-state index < -0.39 is 16.5 Å². The second-order valence-corrected chi connectivity index (χ2v) is 5.35. The van der Waals surface area contributed by atoms with Gasteiger partial charge in [0.1, 0.15) is 5.56 Å². The van der Waals surface area contributed by atoms with Crippen LogP contribution in [0.15, 0.2) is 18.2 Å². The molecule has 1 aromatic rings. The Morgan fingerprint density at radius 2 is 2.29 bits per heavy atom. The zero-order valence-electron chi connectivity index (χ0n) is 12.0. The third-order valence-corrected chi connectivity index (χ3v) is 3.49. The summed E-state index contributed by atoms with van der Waals surface area (Å²) in [5, 5.41) is 21.0. The summed E-state index contributed by atoms with van der Waals surface area (Å²) in [5.41, 5.74) is -0.457. The van der Waals surface area contributed by atoms with Gasteiger partial charge in [0.05, 0.1) is 17.1 Å². The maximum absolute atomic E-state index is 11.9. The smallest absolute Gasteiger partial charge is 0.345 e. The third kappa shape index (κ3) is 3.30. The number of hydrogen-bond donors (Lipinski definition) is 1. The fraction of sp³-hybridized carbons (Fsp3) is 0.500. The molecule has 2 rings (SSSR count). The molecule has 21 heavy (non-hydrogen) atoms. The van der Waals surface area contributed by atoms with Gasteiger partial charge in [0.15, 0.2) is 0 Å². The zero-order valence-corrected chi connectivity index (χ0v) is 12.0. The number of aliphatic hydroxyl groups is 1. The number of benzene rings is 1. The van der Waals surface area contributed by atoms with Crippen LogP contribution in [0.1, 0.15) is 30.6 Å². The lowest BCUT2D eigenvalue weighted by atomic mass is 10.1. The van der Waals surface area contributed by atoms with Crippen LogP contribution in [-0.2, 0) is 4.74 Å². The topological polar surface area (TPSA) is 92.9 Å². The lowest BCUT2D eigenvalue weighted by Crippen LogP contribution is -2.29. The number of nitrogens with zero attached hydrogens (tertiary/aromatic N) is 2. The van der Waals surface area contributed by atoms with Crippen LogP contribution in [-0.4, -0.2) is 41.3 Å². The molecule has 1 unspecified atom stereocenters. The quantitative estimate of drug-likeness (QED) is 0.516. The van der Waals surface area contributed by atoms with Crippen molar-refractivity contribution < 1.29 is 19.6 Å². The highest BCUT2D eigenvalue weighted by molar-refractivity contribution is 5.95. The Morgan fingerprint density at radius 1 is 1.57 bits per heavy atom.